The molecule has 2 aliphatic rings. The average molecular weight is 411 g/mol. The Hall–Kier alpha value is -3.33. The fourth-order valence-corrected chi connectivity index (χ4v) is 3.70. The number of nitrogens with one attached hydrogen (secondary N) is 1. The lowest BCUT2D eigenvalue weighted by Crippen LogP contribution is -2.36. The minimum Gasteiger partial charge on any atom is -0.486 e. The highest BCUT2D eigenvalue weighted by molar-refractivity contribution is 8.18. The number of hydrogen-bond acceptors (Lipinski definition) is 7. The Labute approximate surface area is 170 Å². The van der Waals surface area contributed by atoms with E-state index in [2.05, 4.69) is 10.3 Å². The Morgan fingerprint density at radius 1 is 1.21 bits per heavy atom. The van der Waals surface area contributed by atoms with Crippen LogP contribution in [0.3, 0.4) is 0 Å². The number of fused-ring (bicyclic) bond motifs is 1. The minimum absolute atomic E-state index is 0.236. The molecule has 1 saturated heterocycles. The molecule has 0 atom stereocenters. The SMILES string of the molecule is Cc1cccc(/C=C2/SC(=O)N(CC(=O)Nc3ccc4c(c3)OCCO4)C2=O)n1. The molecule has 0 unspecified atom stereocenters. The number of thioether (sulfide) groups is 1. The van der Waals surface area contributed by atoms with Crippen LogP contribution in [0.1, 0.15) is 11.4 Å². The number of ether oxygens (including phenoxy) is 2. The number of carbonyl (C=O) groups excluding carboxylic acids is 3. The lowest BCUT2D eigenvalue weighted by atomic mass is 10.2. The summed E-state index contributed by atoms with van der Waals surface area (Å²) in [5.41, 5.74) is 1.87. The summed E-state index contributed by atoms with van der Waals surface area (Å²) in [4.78, 5) is 42.6. The fourth-order valence-electron chi connectivity index (χ4n) is 2.88. The molecule has 4 rings (SSSR count). The first-order valence-corrected chi connectivity index (χ1v) is 9.70. The van der Waals surface area contributed by atoms with E-state index in [0.29, 0.717) is 36.1 Å². The van der Waals surface area contributed by atoms with Crippen LogP contribution in [0.15, 0.2) is 41.3 Å². The van der Waals surface area contributed by atoms with Gasteiger partial charge in [0.05, 0.1) is 10.6 Å². The molecule has 2 aromatic rings. The van der Waals surface area contributed by atoms with Gasteiger partial charge in [0.25, 0.3) is 11.1 Å². The lowest BCUT2D eigenvalue weighted by Gasteiger charge is -2.19. The maximum Gasteiger partial charge on any atom is 0.294 e. The number of anilines is 1. The molecule has 1 aromatic heterocycles. The molecule has 3 amide bonds. The van der Waals surface area contributed by atoms with Gasteiger partial charge in [-0.1, -0.05) is 6.07 Å². The number of aromatic nitrogens is 1. The van der Waals surface area contributed by atoms with E-state index in [0.717, 1.165) is 22.4 Å². The molecule has 0 spiro atoms. The van der Waals surface area contributed by atoms with Crippen molar-refractivity contribution in [3.05, 3.63) is 52.7 Å². The summed E-state index contributed by atoms with van der Waals surface area (Å²) >= 11 is 0.791. The molecular formula is C20H17N3O5S. The molecule has 1 fully saturated rings. The van der Waals surface area contributed by atoms with Crippen molar-refractivity contribution in [1.29, 1.82) is 0 Å². The molecule has 2 aliphatic heterocycles. The summed E-state index contributed by atoms with van der Waals surface area (Å²) in [6.07, 6.45) is 1.55. The highest BCUT2D eigenvalue weighted by Crippen LogP contribution is 2.33. The van der Waals surface area contributed by atoms with Crippen LogP contribution in [0.25, 0.3) is 6.08 Å². The van der Waals surface area contributed by atoms with Crippen molar-refractivity contribution in [2.75, 3.05) is 25.1 Å². The Kier molecular flexibility index (Phi) is 5.22. The molecule has 8 nitrogen and oxygen atoms in total. The Morgan fingerprint density at radius 3 is 2.79 bits per heavy atom. The third-order valence-electron chi connectivity index (χ3n) is 4.19. The Morgan fingerprint density at radius 2 is 2.00 bits per heavy atom. The van der Waals surface area contributed by atoms with Crippen molar-refractivity contribution < 1.29 is 23.9 Å². The van der Waals surface area contributed by atoms with E-state index in [1.54, 1.807) is 30.3 Å². The molecule has 29 heavy (non-hydrogen) atoms. The van der Waals surface area contributed by atoms with E-state index in [9.17, 15) is 14.4 Å². The number of imide groups is 1. The molecule has 9 heteroatoms. The Balaban J connectivity index is 1.43. The number of benzene rings is 1. The van der Waals surface area contributed by atoms with Crippen LogP contribution < -0.4 is 14.8 Å². The molecule has 1 aromatic carbocycles. The second-order valence-corrected chi connectivity index (χ2v) is 7.37. The first-order chi connectivity index (χ1) is 14.0. The van der Waals surface area contributed by atoms with Crippen LogP contribution in [-0.4, -0.2) is 46.7 Å². The maximum atomic E-state index is 12.6. The van der Waals surface area contributed by atoms with E-state index in [-0.39, 0.29) is 11.4 Å². The van der Waals surface area contributed by atoms with E-state index in [1.807, 2.05) is 19.1 Å². The largest absolute Gasteiger partial charge is 0.486 e. The third kappa shape index (κ3) is 4.24. The average Bonchev–Trinajstić information content (AvgIpc) is 2.95. The molecule has 0 bridgehead atoms. The summed E-state index contributed by atoms with van der Waals surface area (Å²) in [5, 5.41) is 2.18. The summed E-state index contributed by atoms with van der Waals surface area (Å²) in [6, 6.07) is 10.4. The van der Waals surface area contributed by atoms with Gasteiger partial charge in [0, 0.05) is 17.4 Å². The second-order valence-electron chi connectivity index (χ2n) is 6.38. The quantitative estimate of drug-likeness (QED) is 0.773. The van der Waals surface area contributed by atoms with Gasteiger partial charge in [-0.2, -0.15) is 0 Å². The molecule has 0 radical (unpaired) electrons. The standard InChI is InChI=1S/C20H17N3O5S/c1-12-3-2-4-13(21-12)10-17-19(25)23(20(26)29-17)11-18(24)22-14-5-6-15-16(9-14)28-8-7-27-15/h2-6,9-10H,7-8,11H2,1H3,(H,22,24)/b17-10+. The summed E-state index contributed by atoms with van der Waals surface area (Å²) in [6.45, 7) is 2.37. The molecule has 3 heterocycles. The van der Waals surface area contributed by atoms with Crippen molar-refractivity contribution in [2.45, 2.75) is 6.92 Å². The smallest absolute Gasteiger partial charge is 0.294 e. The van der Waals surface area contributed by atoms with Gasteiger partial charge in [0.2, 0.25) is 5.91 Å². The van der Waals surface area contributed by atoms with Gasteiger partial charge in [-0.3, -0.25) is 24.3 Å². The third-order valence-corrected chi connectivity index (χ3v) is 5.10. The number of nitrogens with zero attached hydrogens (tertiary/aromatic N) is 2. The van der Waals surface area contributed by atoms with Crippen LogP contribution in [0, 0.1) is 6.92 Å². The topological polar surface area (TPSA) is 97.8 Å². The molecule has 148 valence electrons. The van der Waals surface area contributed by atoms with Gasteiger partial charge in [-0.05, 0) is 49.0 Å². The number of carbonyl (C=O) groups is 3. The number of amides is 3. The van der Waals surface area contributed by atoms with Crippen LogP contribution in [0.4, 0.5) is 10.5 Å². The first kappa shape index (κ1) is 19.0. The molecule has 0 aliphatic carbocycles. The predicted octanol–water partition coefficient (Wildman–Crippen LogP) is 2.84. The first-order valence-electron chi connectivity index (χ1n) is 8.88. The van der Waals surface area contributed by atoms with Crippen LogP contribution in [0.5, 0.6) is 11.5 Å². The van der Waals surface area contributed by atoms with Crippen molar-refractivity contribution in [3.8, 4) is 11.5 Å². The van der Waals surface area contributed by atoms with E-state index in [1.165, 1.54) is 0 Å². The number of rotatable bonds is 4. The zero-order valence-corrected chi connectivity index (χ0v) is 16.3. The lowest BCUT2D eigenvalue weighted by molar-refractivity contribution is -0.127. The van der Waals surface area contributed by atoms with Crippen LogP contribution >= 0.6 is 11.8 Å². The predicted molar refractivity (Wildman–Crippen MR) is 108 cm³/mol. The van der Waals surface area contributed by atoms with Crippen molar-refractivity contribution in [2.24, 2.45) is 0 Å². The van der Waals surface area contributed by atoms with Crippen molar-refractivity contribution in [1.82, 2.24) is 9.88 Å². The maximum absolute atomic E-state index is 12.6. The van der Waals surface area contributed by atoms with Gasteiger partial charge in [0.15, 0.2) is 11.5 Å². The van der Waals surface area contributed by atoms with Gasteiger partial charge in [0.1, 0.15) is 19.8 Å². The van der Waals surface area contributed by atoms with Gasteiger partial charge in [-0.15, -0.1) is 0 Å². The van der Waals surface area contributed by atoms with Crippen LogP contribution in [0.2, 0.25) is 0 Å². The highest BCUT2D eigenvalue weighted by atomic mass is 32.2. The highest BCUT2D eigenvalue weighted by Gasteiger charge is 2.36. The van der Waals surface area contributed by atoms with Gasteiger partial charge in [-0.25, -0.2) is 0 Å². The van der Waals surface area contributed by atoms with Gasteiger partial charge >= 0.3 is 0 Å². The monoisotopic (exact) mass is 411 g/mol. The summed E-state index contributed by atoms with van der Waals surface area (Å²) in [7, 11) is 0. The van der Waals surface area contributed by atoms with E-state index < -0.39 is 17.1 Å². The van der Waals surface area contributed by atoms with E-state index >= 15 is 0 Å². The zero-order chi connectivity index (χ0) is 20.4. The zero-order valence-electron chi connectivity index (χ0n) is 15.5. The summed E-state index contributed by atoms with van der Waals surface area (Å²) in [5.74, 6) is 0.142. The minimum atomic E-state index is -0.513. The second kappa shape index (κ2) is 7.96. The molecular weight excluding hydrogens is 394 g/mol. The number of hydrogen-bond donors (Lipinski definition) is 1. The van der Waals surface area contributed by atoms with Crippen molar-refractivity contribution in [3.63, 3.8) is 0 Å². The molecule has 1 N–H and O–H groups in total. The summed E-state index contributed by atoms with van der Waals surface area (Å²) < 4.78 is 10.9. The normalized spacial score (nSPS) is 17.0. The fraction of sp³-hybridized carbons (Fsp3) is 0.200. The van der Waals surface area contributed by atoms with Crippen molar-refractivity contribution >= 4 is 40.6 Å². The van der Waals surface area contributed by atoms with Gasteiger partial charge < -0.3 is 14.8 Å². The Bertz CT molecular complexity index is 1040. The molecule has 0 saturated carbocycles. The van der Waals surface area contributed by atoms with E-state index in [4.69, 9.17) is 9.47 Å². The number of pyridine rings is 1. The number of aryl methyl sites for hydroxylation is 1. The van der Waals surface area contributed by atoms with Crippen LogP contribution in [-0.2, 0) is 9.59 Å².